The van der Waals surface area contributed by atoms with E-state index in [0.29, 0.717) is 0 Å². The van der Waals surface area contributed by atoms with Gasteiger partial charge in [-0.2, -0.15) is 5.26 Å². The van der Waals surface area contributed by atoms with Crippen LogP contribution in [0.15, 0.2) is 6.07 Å². The van der Waals surface area contributed by atoms with Gasteiger partial charge in [0.05, 0.1) is 5.56 Å². The van der Waals surface area contributed by atoms with Crippen LogP contribution in [0.1, 0.15) is 33.7 Å². The summed E-state index contributed by atoms with van der Waals surface area (Å²) in [5.41, 5.74) is 3.54. The molecule has 1 aromatic heterocycles. The first-order chi connectivity index (χ1) is 7.51. The maximum atomic E-state index is 12.5. The van der Waals surface area contributed by atoms with Gasteiger partial charge < -0.3 is 10.8 Å². The number of alkyl halides is 2. The molecule has 16 heavy (non-hydrogen) atoms. The molecular formula is C9H7F2N3O2. The molecule has 0 saturated carbocycles. The summed E-state index contributed by atoms with van der Waals surface area (Å²) in [6, 6.07) is 2.57. The summed E-state index contributed by atoms with van der Waals surface area (Å²) < 4.78 is 25.1. The second-order valence-corrected chi connectivity index (χ2v) is 2.85. The molecule has 0 saturated heterocycles. The summed E-state index contributed by atoms with van der Waals surface area (Å²) in [6.07, 6.45) is -3.01. The highest BCUT2D eigenvalue weighted by molar-refractivity contribution is 5.85. The molecule has 0 aromatic carbocycles. The van der Waals surface area contributed by atoms with Gasteiger partial charge in [-0.3, -0.25) is 0 Å². The second-order valence-electron chi connectivity index (χ2n) is 2.85. The van der Waals surface area contributed by atoms with Crippen LogP contribution in [-0.4, -0.2) is 16.1 Å². The van der Waals surface area contributed by atoms with Crippen LogP contribution in [0.2, 0.25) is 0 Å². The van der Waals surface area contributed by atoms with Crippen LogP contribution < -0.4 is 5.73 Å². The third kappa shape index (κ3) is 2.12. The molecule has 3 N–H and O–H groups in total. The number of rotatable bonds is 3. The minimum Gasteiger partial charge on any atom is -0.477 e. The van der Waals surface area contributed by atoms with Crippen LogP contribution in [0.25, 0.3) is 0 Å². The molecule has 0 radical (unpaired) electrons. The first-order valence-electron chi connectivity index (χ1n) is 4.16. The van der Waals surface area contributed by atoms with E-state index in [4.69, 9.17) is 16.1 Å². The molecule has 7 heteroatoms. The normalized spacial score (nSPS) is 10.2. The van der Waals surface area contributed by atoms with E-state index in [1.165, 1.54) is 0 Å². The zero-order valence-corrected chi connectivity index (χ0v) is 7.94. The van der Waals surface area contributed by atoms with Crippen molar-refractivity contribution in [3.8, 4) is 6.07 Å². The third-order valence-electron chi connectivity index (χ3n) is 1.89. The first kappa shape index (κ1) is 12.0. The van der Waals surface area contributed by atoms with Crippen LogP contribution in [0, 0.1) is 11.3 Å². The van der Waals surface area contributed by atoms with Crippen LogP contribution in [0.5, 0.6) is 0 Å². The molecule has 0 unspecified atom stereocenters. The number of nitrogens with zero attached hydrogens (tertiary/aromatic N) is 2. The van der Waals surface area contributed by atoms with Crippen LogP contribution >= 0.6 is 0 Å². The zero-order chi connectivity index (χ0) is 12.3. The largest absolute Gasteiger partial charge is 0.477 e. The maximum Gasteiger partial charge on any atom is 0.354 e. The van der Waals surface area contributed by atoms with Gasteiger partial charge in [0, 0.05) is 6.54 Å². The summed E-state index contributed by atoms with van der Waals surface area (Å²) in [7, 11) is 0. The number of aromatic carboxylic acids is 1. The van der Waals surface area contributed by atoms with Crippen molar-refractivity contribution in [3.05, 3.63) is 28.6 Å². The van der Waals surface area contributed by atoms with E-state index >= 15 is 0 Å². The van der Waals surface area contributed by atoms with Gasteiger partial charge in [0.15, 0.2) is 0 Å². The van der Waals surface area contributed by atoms with Crippen LogP contribution in [-0.2, 0) is 6.54 Å². The van der Waals surface area contributed by atoms with Gasteiger partial charge in [0.25, 0.3) is 6.43 Å². The molecule has 0 aliphatic rings. The lowest BCUT2D eigenvalue weighted by molar-refractivity contribution is 0.0688. The van der Waals surface area contributed by atoms with Crippen molar-refractivity contribution < 1.29 is 18.7 Å². The Morgan fingerprint density at radius 3 is 2.69 bits per heavy atom. The number of carbonyl (C=O) groups is 1. The predicted octanol–water partition coefficient (Wildman–Crippen LogP) is 1.05. The molecule has 0 aliphatic heterocycles. The zero-order valence-electron chi connectivity index (χ0n) is 7.94. The fourth-order valence-electron chi connectivity index (χ4n) is 1.18. The van der Waals surface area contributed by atoms with Crippen LogP contribution in [0.4, 0.5) is 8.78 Å². The van der Waals surface area contributed by atoms with E-state index in [1.54, 1.807) is 6.07 Å². The Hall–Kier alpha value is -2.07. The SMILES string of the molecule is N#Cc1c(CN)cc(C(=O)O)nc1C(F)F. The van der Waals surface area contributed by atoms with Crippen molar-refractivity contribution in [2.45, 2.75) is 13.0 Å². The van der Waals surface area contributed by atoms with Gasteiger partial charge in [-0.15, -0.1) is 0 Å². The van der Waals surface area contributed by atoms with Crippen molar-refractivity contribution in [2.75, 3.05) is 0 Å². The number of aromatic nitrogens is 1. The Bertz CT molecular complexity index is 469. The van der Waals surface area contributed by atoms with E-state index in [-0.39, 0.29) is 17.7 Å². The van der Waals surface area contributed by atoms with E-state index < -0.39 is 23.8 Å². The number of carboxylic acid groups (broad SMARTS) is 1. The molecule has 0 spiro atoms. The second kappa shape index (κ2) is 4.63. The maximum absolute atomic E-state index is 12.5. The number of hydrogen-bond donors (Lipinski definition) is 2. The van der Waals surface area contributed by atoms with E-state index in [1.807, 2.05) is 0 Å². The molecule has 0 atom stereocenters. The van der Waals surface area contributed by atoms with Gasteiger partial charge in [0.2, 0.25) is 0 Å². The summed E-state index contributed by atoms with van der Waals surface area (Å²) in [5, 5.41) is 17.3. The first-order valence-corrected chi connectivity index (χ1v) is 4.16. The van der Waals surface area contributed by atoms with Gasteiger partial charge in [0.1, 0.15) is 17.5 Å². The summed E-state index contributed by atoms with van der Waals surface area (Å²) >= 11 is 0. The molecule has 84 valence electrons. The number of halogens is 2. The smallest absolute Gasteiger partial charge is 0.354 e. The molecule has 0 fully saturated rings. The predicted molar refractivity (Wildman–Crippen MR) is 48.8 cm³/mol. The minimum absolute atomic E-state index is 0.0465. The molecule has 5 nitrogen and oxygen atoms in total. The van der Waals surface area contributed by atoms with E-state index in [0.717, 1.165) is 6.07 Å². The summed E-state index contributed by atoms with van der Waals surface area (Å²) in [4.78, 5) is 13.8. The van der Waals surface area contributed by atoms with Gasteiger partial charge in [-0.1, -0.05) is 0 Å². The lowest BCUT2D eigenvalue weighted by atomic mass is 10.1. The van der Waals surface area contributed by atoms with Crippen molar-refractivity contribution in [2.24, 2.45) is 5.73 Å². The third-order valence-corrected chi connectivity index (χ3v) is 1.89. The monoisotopic (exact) mass is 227 g/mol. The molecule has 1 rings (SSSR count). The van der Waals surface area contributed by atoms with E-state index in [9.17, 15) is 13.6 Å². The van der Waals surface area contributed by atoms with Crippen molar-refractivity contribution >= 4 is 5.97 Å². The average Bonchev–Trinajstić information content (AvgIpc) is 2.26. The fourth-order valence-corrected chi connectivity index (χ4v) is 1.18. The lowest BCUT2D eigenvalue weighted by Gasteiger charge is -2.07. The molecule has 1 aromatic rings. The standard InChI is InChI=1S/C9H7F2N3O2/c10-8(11)7-5(3-13)4(2-12)1-6(14-7)9(15)16/h1,8H,2,12H2,(H,15,16). The Morgan fingerprint density at radius 2 is 2.31 bits per heavy atom. The number of nitriles is 1. The Labute approximate surface area is 89.1 Å². The number of nitrogens with two attached hydrogens (primary N) is 1. The molecular weight excluding hydrogens is 220 g/mol. The number of hydrogen-bond acceptors (Lipinski definition) is 4. The highest BCUT2D eigenvalue weighted by atomic mass is 19.3. The number of pyridine rings is 1. The Balaban J connectivity index is 3.51. The average molecular weight is 227 g/mol. The van der Waals surface area contributed by atoms with Gasteiger partial charge >= 0.3 is 5.97 Å². The highest BCUT2D eigenvalue weighted by Gasteiger charge is 2.21. The fraction of sp³-hybridized carbons (Fsp3) is 0.222. The van der Waals surface area contributed by atoms with Crippen molar-refractivity contribution in [3.63, 3.8) is 0 Å². The van der Waals surface area contributed by atoms with Gasteiger partial charge in [-0.05, 0) is 11.6 Å². The Kier molecular flexibility index (Phi) is 3.48. The number of carboxylic acids is 1. The lowest BCUT2D eigenvalue weighted by Crippen LogP contribution is -2.11. The van der Waals surface area contributed by atoms with Gasteiger partial charge in [-0.25, -0.2) is 18.6 Å². The Morgan fingerprint density at radius 1 is 1.69 bits per heavy atom. The van der Waals surface area contributed by atoms with Crippen molar-refractivity contribution in [1.29, 1.82) is 5.26 Å². The minimum atomic E-state index is -3.01. The molecule has 1 heterocycles. The van der Waals surface area contributed by atoms with Crippen molar-refractivity contribution in [1.82, 2.24) is 4.98 Å². The topological polar surface area (TPSA) is 100 Å². The van der Waals surface area contributed by atoms with E-state index in [2.05, 4.69) is 4.98 Å². The summed E-state index contributed by atoms with van der Waals surface area (Å²) in [5.74, 6) is -1.44. The van der Waals surface area contributed by atoms with Crippen LogP contribution in [0.3, 0.4) is 0 Å². The highest BCUT2D eigenvalue weighted by Crippen LogP contribution is 2.23. The quantitative estimate of drug-likeness (QED) is 0.803. The molecule has 0 amide bonds. The molecule has 0 aliphatic carbocycles. The summed E-state index contributed by atoms with van der Waals surface area (Å²) in [6.45, 7) is -0.203. The molecule has 0 bridgehead atoms.